The van der Waals surface area contributed by atoms with Crippen LogP contribution in [0.4, 0.5) is 10.5 Å². The minimum absolute atomic E-state index is 0.0300. The van der Waals surface area contributed by atoms with Crippen LogP contribution in [0.15, 0.2) is 73.1 Å². The summed E-state index contributed by atoms with van der Waals surface area (Å²) in [6.07, 6.45) is 1.77. The molecule has 0 bridgehead atoms. The Morgan fingerprint density at radius 1 is 1.02 bits per heavy atom. The summed E-state index contributed by atoms with van der Waals surface area (Å²) in [4.78, 5) is 33.1. The van der Waals surface area contributed by atoms with Crippen LogP contribution in [0, 0.1) is 13.8 Å². The lowest BCUT2D eigenvalue weighted by molar-refractivity contribution is -0.0717. The summed E-state index contributed by atoms with van der Waals surface area (Å²) >= 11 is 1.49. The molecule has 1 aliphatic heterocycles. The molecule has 3 aromatic heterocycles. The standard InChI is InChI=1S/C33H27N5O5S/c1-18-12-22(29-24(13-18)36-26(40-4)16-35-29)32-37-28-19(2)14-25-30(31(28)44-32)41-17-27(42-25)43-33(39)38(3)21-10-11-34-23(15-21)20-8-6-5-7-9-20/h5-16,27H,17H2,1-4H3. The Labute approximate surface area is 256 Å². The number of hydrogen-bond acceptors (Lipinski definition) is 10. The number of anilines is 1. The van der Waals surface area contributed by atoms with Crippen molar-refractivity contribution in [1.29, 1.82) is 0 Å². The van der Waals surface area contributed by atoms with Crippen LogP contribution in [0.3, 0.4) is 0 Å². The second-order valence-corrected chi connectivity index (χ2v) is 11.4. The maximum absolute atomic E-state index is 13.1. The van der Waals surface area contributed by atoms with Gasteiger partial charge in [0.2, 0.25) is 5.88 Å². The summed E-state index contributed by atoms with van der Waals surface area (Å²) < 4.78 is 24.1. The first-order chi connectivity index (χ1) is 21.4. The molecule has 0 spiro atoms. The van der Waals surface area contributed by atoms with Gasteiger partial charge in [0, 0.05) is 24.4 Å². The van der Waals surface area contributed by atoms with Gasteiger partial charge in [0.25, 0.3) is 6.29 Å². The largest absolute Gasteiger partial charge is 0.480 e. The fraction of sp³-hybridized carbons (Fsp3) is 0.182. The van der Waals surface area contributed by atoms with E-state index >= 15 is 0 Å². The summed E-state index contributed by atoms with van der Waals surface area (Å²) in [5, 5.41) is 0.788. The predicted molar refractivity (Wildman–Crippen MR) is 169 cm³/mol. The summed E-state index contributed by atoms with van der Waals surface area (Å²) in [6.45, 7) is 4.01. The van der Waals surface area contributed by atoms with Gasteiger partial charge in [-0.1, -0.05) is 30.3 Å². The first kappa shape index (κ1) is 27.5. The fourth-order valence-corrected chi connectivity index (χ4v) is 6.26. The van der Waals surface area contributed by atoms with Gasteiger partial charge in [-0.15, -0.1) is 11.3 Å². The molecule has 0 aliphatic carbocycles. The smallest absolute Gasteiger partial charge is 0.417 e. The van der Waals surface area contributed by atoms with Crippen LogP contribution in [0.1, 0.15) is 11.1 Å². The van der Waals surface area contributed by atoms with Crippen molar-refractivity contribution in [3.8, 4) is 39.2 Å². The van der Waals surface area contributed by atoms with Crippen molar-refractivity contribution in [3.05, 3.63) is 84.2 Å². The van der Waals surface area contributed by atoms with E-state index in [0.717, 1.165) is 54.2 Å². The Balaban J connectivity index is 1.14. The van der Waals surface area contributed by atoms with Crippen molar-refractivity contribution in [2.45, 2.75) is 20.1 Å². The van der Waals surface area contributed by atoms with Gasteiger partial charge in [-0.3, -0.25) is 9.88 Å². The average molecular weight is 606 g/mol. The Bertz CT molecular complexity index is 2050. The van der Waals surface area contributed by atoms with Crippen LogP contribution in [-0.4, -0.2) is 53.1 Å². The lowest BCUT2D eigenvalue weighted by atomic mass is 10.1. The highest BCUT2D eigenvalue weighted by Gasteiger charge is 2.30. The van der Waals surface area contributed by atoms with Crippen molar-refractivity contribution in [1.82, 2.24) is 19.9 Å². The van der Waals surface area contributed by atoms with Crippen molar-refractivity contribution < 1.29 is 23.7 Å². The van der Waals surface area contributed by atoms with Crippen LogP contribution >= 0.6 is 11.3 Å². The number of hydrogen-bond donors (Lipinski definition) is 0. The maximum Gasteiger partial charge on any atom is 0.417 e. The molecule has 0 saturated carbocycles. The second-order valence-electron chi connectivity index (χ2n) is 10.4. The molecular weight excluding hydrogens is 578 g/mol. The Kier molecular flexibility index (Phi) is 6.94. The molecule has 3 aromatic carbocycles. The van der Waals surface area contributed by atoms with Gasteiger partial charge in [-0.2, -0.15) is 0 Å². The minimum atomic E-state index is -0.928. The van der Waals surface area contributed by atoms with Crippen LogP contribution in [0.25, 0.3) is 43.1 Å². The number of methoxy groups -OCH3 is 1. The number of amides is 1. The van der Waals surface area contributed by atoms with Crippen LogP contribution < -0.4 is 19.1 Å². The third-order valence-corrected chi connectivity index (χ3v) is 8.40. The number of ether oxygens (including phenoxy) is 4. The van der Waals surface area contributed by atoms with Gasteiger partial charge in [-0.25, -0.2) is 19.7 Å². The topological polar surface area (TPSA) is 109 Å². The van der Waals surface area contributed by atoms with Gasteiger partial charge in [0.15, 0.2) is 18.1 Å². The van der Waals surface area contributed by atoms with E-state index in [-0.39, 0.29) is 6.61 Å². The quantitative estimate of drug-likeness (QED) is 0.206. The second kappa shape index (κ2) is 11.1. The molecule has 0 saturated heterocycles. The molecular formula is C33H27N5O5S. The first-order valence-corrected chi connectivity index (χ1v) is 14.7. The Morgan fingerprint density at radius 2 is 1.86 bits per heavy atom. The minimum Gasteiger partial charge on any atom is -0.480 e. The van der Waals surface area contributed by atoms with E-state index in [4.69, 9.17) is 23.9 Å². The zero-order chi connectivity index (χ0) is 30.4. The van der Waals surface area contributed by atoms with E-state index in [1.807, 2.05) is 62.4 Å². The van der Waals surface area contributed by atoms with E-state index in [1.54, 1.807) is 32.6 Å². The third kappa shape index (κ3) is 5.01. The number of nitrogens with zero attached hydrogens (tertiary/aromatic N) is 5. The summed E-state index contributed by atoms with van der Waals surface area (Å²) in [5.74, 6) is 1.51. The molecule has 1 atom stereocenters. The van der Waals surface area contributed by atoms with Gasteiger partial charge in [-0.05, 0) is 55.3 Å². The van der Waals surface area contributed by atoms with Gasteiger partial charge >= 0.3 is 6.09 Å². The highest BCUT2D eigenvalue weighted by molar-refractivity contribution is 7.22. The number of thiazole rings is 1. The molecule has 1 amide bonds. The number of aryl methyl sites for hydroxylation is 2. The van der Waals surface area contributed by atoms with Gasteiger partial charge in [0.1, 0.15) is 9.71 Å². The number of fused-ring (bicyclic) bond motifs is 4. The van der Waals surface area contributed by atoms with Crippen molar-refractivity contribution in [2.75, 3.05) is 25.7 Å². The molecule has 1 unspecified atom stereocenters. The number of carbonyl (C=O) groups excluding carboxylic acids is 1. The summed E-state index contributed by atoms with van der Waals surface area (Å²) in [5.41, 5.74) is 7.44. The van der Waals surface area contributed by atoms with E-state index in [1.165, 1.54) is 16.2 Å². The number of carbonyl (C=O) groups is 1. The lowest BCUT2D eigenvalue weighted by Crippen LogP contribution is -2.38. The Hall–Kier alpha value is -5.29. The SMILES string of the molecule is COc1cnc2c(-c3nc4c(C)cc5c(c4s3)OCC(OC(=O)N(C)c3ccnc(-c4ccccc4)c3)O5)cc(C)cc2n1. The molecule has 220 valence electrons. The molecule has 0 radical (unpaired) electrons. The third-order valence-electron chi connectivity index (χ3n) is 7.32. The van der Waals surface area contributed by atoms with E-state index in [9.17, 15) is 4.79 Å². The molecule has 6 aromatic rings. The van der Waals surface area contributed by atoms with Crippen molar-refractivity contribution in [2.24, 2.45) is 0 Å². The summed E-state index contributed by atoms with van der Waals surface area (Å²) in [7, 11) is 3.21. The van der Waals surface area contributed by atoms with Crippen LogP contribution in [0.2, 0.25) is 0 Å². The monoisotopic (exact) mass is 605 g/mol. The molecule has 44 heavy (non-hydrogen) atoms. The molecule has 4 heterocycles. The van der Waals surface area contributed by atoms with Gasteiger partial charge in [0.05, 0.1) is 41.2 Å². The van der Waals surface area contributed by atoms with Crippen molar-refractivity contribution >= 4 is 44.4 Å². The lowest BCUT2D eigenvalue weighted by Gasteiger charge is -2.28. The summed E-state index contributed by atoms with van der Waals surface area (Å²) in [6, 6.07) is 19.2. The number of aromatic nitrogens is 4. The molecule has 7 rings (SSSR count). The van der Waals surface area contributed by atoms with Crippen molar-refractivity contribution in [3.63, 3.8) is 0 Å². The van der Waals surface area contributed by atoms with Gasteiger partial charge < -0.3 is 18.9 Å². The van der Waals surface area contributed by atoms with E-state index < -0.39 is 12.4 Å². The fourth-order valence-electron chi connectivity index (χ4n) is 5.11. The highest BCUT2D eigenvalue weighted by atomic mass is 32.1. The molecule has 10 nitrogen and oxygen atoms in total. The van der Waals surface area contributed by atoms with E-state index in [2.05, 4.69) is 21.0 Å². The average Bonchev–Trinajstić information content (AvgIpc) is 3.50. The first-order valence-electron chi connectivity index (χ1n) is 13.9. The normalized spacial score (nSPS) is 14.0. The number of pyridine rings is 1. The van der Waals surface area contributed by atoms with E-state index in [0.29, 0.717) is 23.1 Å². The Morgan fingerprint density at radius 3 is 2.68 bits per heavy atom. The molecule has 11 heteroatoms. The number of rotatable bonds is 5. The molecule has 0 N–H and O–H groups in total. The van der Waals surface area contributed by atoms with Crippen LogP contribution in [-0.2, 0) is 4.74 Å². The number of benzene rings is 3. The predicted octanol–water partition coefficient (Wildman–Crippen LogP) is 6.96. The maximum atomic E-state index is 13.1. The molecule has 0 fully saturated rings. The molecule has 1 aliphatic rings. The highest BCUT2D eigenvalue weighted by Crippen LogP contribution is 2.46. The van der Waals surface area contributed by atoms with Crippen LogP contribution in [0.5, 0.6) is 17.4 Å². The zero-order valence-electron chi connectivity index (χ0n) is 24.4. The zero-order valence-corrected chi connectivity index (χ0v) is 25.2.